The third-order valence-electron chi connectivity index (χ3n) is 7.91. The highest BCUT2D eigenvalue weighted by molar-refractivity contribution is 6.04. The van der Waals surface area contributed by atoms with Gasteiger partial charge in [0.1, 0.15) is 17.3 Å². The fourth-order valence-electron chi connectivity index (χ4n) is 5.23. The molecule has 1 amide bonds. The van der Waals surface area contributed by atoms with Gasteiger partial charge in [-0.05, 0) is 55.4 Å². The molecule has 4 aromatic rings. The van der Waals surface area contributed by atoms with Gasteiger partial charge in [-0.1, -0.05) is 24.0 Å². The topological polar surface area (TPSA) is 92.9 Å². The number of benzene rings is 3. The number of rotatable bonds is 6. The minimum atomic E-state index is -4.57. The molecule has 3 aromatic carbocycles. The summed E-state index contributed by atoms with van der Waals surface area (Å²) >= 11 is 0. The number of halogens is 3. The molecule has 234 valence electrons. The van der Waals surface area contributed by atoms with E-state index in [-0.39, 0.29) is 29.2 Å². The summed E-state index contributed by atoms with van der Waals surface area (Å²) in [5.41, 5.74) is 7.73. The number of methoxy groups -OCH3 is 2. The summed E-state index contributed by atoms with van der Waals surface area (Å²) in [6.07, 6.45) is -2.96. The van der Waals surface area contributed by atoms with Crippen LogP contribution < -0.4 is 20.5 Å². The maximum Gasteiger partial charge on any atom is 0.416 e. The molecule has 5 rings (SSSR count). The third-order valence-corrected chi connectivity index (χ3v) is 7.91. The number of aryl methyl sites for hydroxylation is 1. The number of nitrogen functional groups attached to an aromatic ring is 1. The third kappa shape index (κ3) is 7.14. The summed E-state index contributed by atoms with van der Waals surface area (Å²) in [5, 5.41) is 4.01. The Bertz CT molecular complexity index is 1810. The van der Waals surface area contributed by atoms with Crippen molar-refractivity contribution in [3.63, 3.8) is 0 Å². The number of pyridine rings is 1. The molecule has 1 aliphatic rings. The molecule has 1 aromatic heterocycles. The van der Waals surface area contributed by atoms with Crippen LogP contribution in [0.3, 0.4) is 0 Å². The van der Waals surface area contributed by atoms with E-state index in [1.807, 2.05) is 18.9 Å². The molecule has 8 nitrogen and oxygen atoms in total. The average molecular weight is 618 g/mol. The summed E-state index contributed by atoms with van der Waals surface area (Å²) in [7, 11) is 5.08. The number of ether oxygens (including phenoxy) is 2. The average Bonchev–Trinajstić information content (AvgIpc) is 3.01. The molecule has 1 aliphatic heterocycles. The monoisotopic (exact) mass is 617 g/mol. The fraction of sp³-hybridized carbons (Fsp3) is 0.294. The van der Waals surface area contributed by atoms with Crippen LogP contribution >= 0.6 is 0 Å². The smallest absolute Gasteiger partial charge is 0.416 e. The summed E-state index contributed by atoms with van der Waals surface area (Å²) < 4.78 is 53.1. The summed E-state index contributed by atoms with van der Waals surface area (Å²) in [6.45, 7) is 5.01. The molecular formula is C34H34F3N5O3. The molecule has 11 heteroatoms. The first kappa shape index (κ1) is 31.6. The molecule has 0 radical (unpaired) electrons. The first-order chi connectivity index (χ1) is 21.5. The quantitative estimate of drug-likeness (QED) is 0.274. The maximum absolute atomic E-state index is 14.1. The lowest BCUT2D eigenvalue weighted by atomic mass is 10.0. The standard InChI is InChI=1S/C34H34F3N5O3/c1-21-5-6-23(15-22(21)8-10-27-28-17-26(44-3)18-31(45-4)29(28)19-39-32(27)38)33(43)40-25-9-7-24(30(16-25)34(35,36)37)20-42-13-11-41(2)12-14-42/h5-7,9,15-19H,11-14,20H2,1-4H3,(H2,38,39)(H,40,43). The molecule has 0 unspecified atom stereocenters. The van der Waals surface area contributed by atoms with Gasteiger partial charge in [-0.15, -0.1) is 0 Å². The number of piperazine rings is 1. The molecular weight excluding hydrogens is 583 g/mol. The van der Waals surface area contributed by atoms with E-state index < -0.39 is 17.6 Å². The number of aromatic nitrogens is 1. The molecule has 3 N–H and O–H groups in total. The van der Waals surface area contributed by atoms with Gasteiger partial charge < -0.3 is 25.4 Å². The predicted octanol–water partition coefficient (Wildman–Crippen LogP) is 5.56. The van der Waals surface area contributed by atoms with Crippen LogP contribution in [0, 0.1) is 18.8 Å². The molecule has 45 heavy (non-hydrogen) atoms. The lowest BCUT2D eigenvalue weighted by Crippen LogP contribution is -2.44. The molecule has 0 atom stereocenters. The predicted molar refractivity (Wildman–Crippen MR) is 169 cm³/mol. The second-order valence-electron chi connectivity index (χ2n) is 11.0. The van der Waals surface area contributed by atoms with Crippen LogP contribution in [0.15, 0.2) is 54.7 Å². The number of likely N-dealkylation sites (N-methyl/N-ethyl adjacent to an activating group) is 1. The fourth-order valence-corrected chi connectivity index (χ4v) is 5.23. The van der Waals surface area contributed by atoms with Gasteiger partial charge in [0.25, 0.3) is 5.91 Å². The summed E-state index contributed by atoms with van der Waals surface area (Å²) in [6, 6.07) is 12.4. The number of fused-ring (bicyclic) bond motifs is 1. The van der Waals surface area contributed by atoms with E-state index in [4.69, 9.17) is 15.2 Å². The van der Waals surface area contributed by atoms with Gasteiger partial charge in [0.2, 0.25) is 0 Å². The van der Waals surface area contributed by atoms with Crippen molar-refractivity contribution in [1.29, 1.82) is 0 Å². The van der Waals surface area contributed by atoms with Gasteiger partial charge in [0.05, 0.1) is 25.3 Å². The van der Waals surface area contributed by atoms with Gasteiger partial charge in [-0.3, -0.25) is 9.69 Å². The van der Waals surface area contributed by atoms with E-state index in [1.54, 1.807) is 50.7 Å². The molecule has 0 saturated carbocycles. The number of amides is 1. The second-order valence-corrected chi connectivity index (χ2v) is 11.0. The van der Waals surface area contributed by atoms with Crippen molar-refractivity contribution in [1.82, 2.24) is 14.8 Å². The zero-order chi connectivity index (χ0) is 32.3. The van der Waals surface area contributed by atoms with Crippen LogP contribution in [-0.2, 0) is 12.7 Å². The molecule has 0 aliphatic carbocycles. The van der Waals surface area contributed by atoms with Gasteiger partial charge >= 0.3 is 6.18 Å². The van der Waals surface area contributed by atoms with E-state index in [9.17, 15) is 18.0 Å². The van der Waals surface area contributed by atoms with Gasteiger partial charge in [-0.25, -0.2) is 4.98 Å². The van der Waals surface area contributed by atoms with Gasteiger partial charge in [0.15, 0.2) is 0 Å². The number of nitrogens with zero attached hydrogens (tertiary/aromatic N) is 3. The molecule has 2 heterocycles. The van der Waals surface area contributed by atoms with Crippen molar-refractivity contribution in [3.05, 3.63) is 88.1 Å². The van der Waals surface area contributed by atoms with Gasteiger partial charge in [-0.2, -0.15) is 13.2 Å². The number of hydrogen-bond acceptors (Lipinski definition) is 7. The largest absolute Gasteiger partial charge is 0.497 e. The highest BCUT2D eigenvalue weighted by Gasteiger charge is 2.34. The van der Waals surface area contributed by atoms with Crippen LogP contribution in [0.2, 0.25) is 0 Å². The number of carbonyl (C=O) groups is 1. The van der Waals surface area contributed by atoms with Crippen LogP contribution in [-0.4, -0.2) is 68.1 Å². The number of anilines is 2. The SMILES string of the molecule is COc1cc(OC)c2cnc(N)c(C#Cc3cc(C(=O)Nc4ccc(CN5CCN(C)CC5)c(C(F)(F)F)c4)ccc3C)c2c1. The van der Waals surface area contributed by atoms with E-state index in [0.717, 1.165) is 24.7 Å². The van der Waals surface area contributed by atoms with Crippen LogP contribution in [0.5, 0.6) is 11.5 Å². The Morgan fingerprint density at radius 3 is 2.44 bits per heavy atom. The minimum absolute atomic E-state index is 0.0557. The number of nitrogens with one attached hydrogen (secondary N) is 1. The van der Waals surface area contributed by atoms with Crippen molar-refractivity contribution < 1.29 is 27.4 Å². The molecule has 0 bridgehead atoms. The van der Waals surface area contributed by atoms with E-state index in [2.05, 4.69) is 27.0 Å². The van der Waals surface area contributed by atoms with Crippen molar-refractivity contribution in [2.24, 2.45) is 0 Å². The number of nitrogens with two attached hydrogens (primary N) is 1. The van der Waals surface area contributed by atoms with E-state index in [1.165, 1.54) is 12.1 Å². The Morgan fingerprint density at radius 2 is 1.76 bits per heavy atom. The normalized spacial score (nSPS) is 14.1. The summed E-state index contributed by atoms with van der Waals surface area (Å²) in [5.74, 6) is 6.94. The van der Waals surface area contributed by atoms with Gasteiger partial charge in [0, 0.05) is 72.6 Å². The lowest BCUT2D eigenvalue weighted by molar-refractivity contribution is -0.138. The minimum Gasteiger partial charge on any atom is -0.497 e. The van der Waals surface area contributed by atoms with Crippen LogP contribution in [0.4, 0.5) is 24.7 Å². The highest BCUT2D eigenvalue weighted by atomic mass is 19.4. The molecule has 1 saturated heterocycles. The number of alkyl halides is 3. The Labute approximate surface area is 259 Å². The second kappa shape index (κ2) is 13.1. The molecule has 1 fully saturated rings. The Balaban J connectivity index is 1.41. The maximum atomic E-state index is 14.1. The van der Waals surface area contributed by atoms with Crippen molar-refractivity contribution in [2.75, 3.05) is 58.5 Å². The van der Waals surface area contributed by atoms with Crippen molar-refractivity contribution >= 4 is 28.2 Å². The van der Waals surface area contributed by atoms with Crippen molar-refractivity contribution in [3.8, 4) is 23.3 Å². The zero-order valence-corrected chi connectivity index (χ0v) is 25.5. The Morgan fingerprint density at radius 1 is 1.00 bits per heavy atom. The zero-order valence-electron chi connectivity index (χ0n) is 25.5. The Hall–Kier alpha value is -4.79. The van der Waals surface area contributed by atoms with E-state index >= 15 is 0 Å². The van der Waals surface area contributed by atoms with Crippen molar-refractivity contribution in [2.45, 2.75) is 19.6 Å². The summed E-state index contributed by atoms with van der Waals surface area (Å²) in [4.78, 5) is 21.6. The number of carbonyl (C=O) groups excluding carboxylic acids is 1. The Kier molecular flexibility index (Phi) is 9.18. The van der Waals surface area contributed by atoms with E-state index in [0.29, 0.717) is 46.5 Å². The number of hydrogen-bond donors (Lipinski definition) is 2. The highest BCUT2D eigenvalue weighted by Crippen LogP contribution is 2.36. The first-order valence-electron chi connectivity index (χ1n) is 14.3. The molecule has 0 spiro atoms. The van der Waals surface area contributed by atoms with Crippen LogP contribution in [0.25, 0.3) is 10.8 Å². The van der Waals surface area contributed by atoms with Crippen LogP contribution in [0.1, 0.15) is 38.2 Å². The lowest BCUT2D eigenvalue weighted by Gasteiger charge is -2.33. The first-order valence-corrected chi connectivity index (χ1v) is 14.3.